The van der Waals surface area contributed by atoms with Gasteiger partial charge in [-0.3, -0.25) is 14.6 Å². The van der Waals surface area contributed by atoms with Gasteiger partial charge in [-0.1, -0.05) is 0 Å². The van der Waals surface area contributed by atoms with Crippen molar-refractivity contribution in [3.63, 3.8) is 0 Å². The van der Waals surface area contributed by atoms with Gasteiger partial charge in [0.2, 0.25) is 0 Å². The van der Waals surface area contributed by atoms with Gasteiger partial charge in [-0.05, 0) is 94.1 Å². The van der Waals surface area contributed by atoms with Crippen molar-refractivity contribution < 1.29 is 14.0 Å². The van der Waals surface area contributed by atoms with Crippen molar-refractivity contribution in [3.05, 3.63) is 65.2 Å². The maximum Gasteiger partial charge on any atom is 0.272 e. The van der Waals surface area contributed by atoms with Crippen molar-refractivity contribution in [2.24, 2.45) is 5.92 Å². The van der Waals surface area contributed by atoms with Gasteiger partial charge < -0.3 is 9.80 Å². The molecule has 0 bridgehead atoms. The van der Waals surface area contributed by atoms with Crippen LogP contribution in [-0.4, -0.2) is 58.7 Å². The first-order chi connectivity index (χ1) is 15.0. The van der Waals surface area contributed by atoms with Crippen molar-refractivity contribution in [1.82, 2.24) is 14.8 Å². The second-order valence-electron chi connectivity index (χ2n) is 8.79. The molecular weight excluding hydrogens is 393 g/mol. The number of piperidine rings is 1. The molecule has 2 aromatic rings. The number of carbonyl (C=O) groups is 2. The number of aryl methyl sites for hydroxylation is 1. The summed E-state index contributed by atoms with van der Waals surface area (Å²) in [6, 6.07) is 9.89. The summed E-state index contributed by atoms with van der Waals surface area (Å²) in [5, 5.41) is 0. The molecule has 2 aliphatic heterocycles. The Bertz CT molecular complexity index is 923. The monoisotopic (exact) mass is 423 g/mol. The third-order valence-electron chi connectivity index (χ3n) is 6.64. The zero-order valence-corrected chi connectivity index (χ0v) is 18.1. The minimum absolute atomic E-state index is 0.0127. The summed E-state index contributed by atoms with van der Waals surface area (Å²) < 4.78 is 13.1. The fourth-order valence-electron chi connectivity index (χ4n) is 4.80. The van der Waals surface area contributed by atoms with E-state index in [1.807, 2.05) is 24.0 Å². The lowest BCUT2D eigenvalue weighted by molar-refractivity contribution is 0.0699. The quantitative estimate of drug-likeness (QED) is 0.656. The third-order valence-corrected chi connectivity index (χ3v) is 6.64. The summed E-state index contributed by atoms with van der Waals surface area (Å²) in [5.41, 5.74) is 2.18. The maximum atomic E-state index is 13.1. The Hall–Kier alpha value is -2.60. The number of nitrogens with zero attached hydrogens (tertiary/aromatic N) is 3. The second kappa shape index (κ2) is 9.69. The van der Waals surface area contributed by atoms with E-state index < -0.39 is 0 Å². The number of Topliss-reactive ketones (excluding diaryl/α,β-unsaturated/α-hetero) is 1. The minimum atomic E-state index is -0.316. The number of carbonyl (C=O) groups excluding carboxylic acids is 2. The number of hydrogen-bond donors (Lipinski definition) is 0. The van der Waals surface area contributed by atoms with Gasteiger partial charge in [-0.2, -0.15) is 0 Å². The van der Waals surface area contributed by atoms with Gasteiger partial charge in [-0.25, -0.2) is 4.39 Å². The van der Waals surface area contributed by atoms with Crippen LogP contribution in [0.4, 0.5) is 4.39 Å². The first kappa shape index (κ1) is 21.6. The van der Waals surface area contributed by atoms with Gasteiger partial charge in [0.05, 0.1) is 0 Å². The molecular formula is C25H30FN3O2. The molecule has 0 unspecified atom stereocenters. The summed E-state index contributed by atoms with van der Waals surface area (Å²) in [5.74, 6) is -0.143. The Kier molecular flexibility index (Phi) is 6.76. The topological polar surface area (TPSA) is 53.5 Å². The molecule has 0 N–H and O–H groups in total. The fourth-order valence-corrected chi connectivity index (χ4v) is 4.80. The molecule has 2 fully saturated rings. The van der Waals surface area contributed by atoms with Gasteiger partial charge in [0, 0.05) is 36.8 Å². The van der Waals surface area contributed by atoms with Gasteiger partial charge in [-0.15, -0.1) is 0 Å². The number of halogens is 1. The van der Waals surface area contributed by atoms with Crippen molar-refractivity contribution in [2.45, 2.75) is 45.1 Å². The Morgan fingerprint density at radius 2 is 1.81 bits per heavy atom. The van der Waals surface area contributed by atoms with E-state index in [0.717, 1.165) is 63.8 Å². The zero-order chi connectivity index (χ0) is 21.8. The minimum Gasteiger partial charge on any atom is -0.334 e. The van der Waals surface area contributed by atoms with Gasteiger partial charge in [0.25, 0.3) is 5.91 Å². The van der Waals surface area contributed by atoms with Crippen LogP contribution in [0.1, 0.15) is 58.5 Å². The van der Waals surface area contributed by atoms with Crippen molar-refractivity contribution in [3.8, 4) is 0 Å². The summed E-state index contributed by atoms with van der Waals surface area (Å²) in [6.07, 6.45) is 6.39. The van der Waals surface area contributed by atoms with Crippen LogP contribution in [0.3, 0.4) is 0 Å². The molecule has 6 heteroatoms. The van der Waals surface area contributed by atoms with Crippen molar-refractivity contribution >= 4 is 11.7 Å². The molecule has 2 aliphatic rings. The van der Waals surface area contributed by atoms with Crippen LogP contribution < -0.4 is 0 Å². The molecule has 1 atom stereocenters. The van der Waals surface area contributed by atoms with Crippen LogP contribution in [0.15, 0.2) is 42.6 Å². The normalized spacial score (nSPS) is 20.2. The number of amides is 1. The molecule has 164 valence electrons. The van der Waals surface area contributed by atoms with E-state index >= 15 is 0 Å². The molecule has 0 saturated carbocycles. The maximum absolute atomic E-state index is 13.1. The molecule has 0 aliphatic carbocycles. The Balaban J connectivity index is 1.26. The van der Waals surface area contributed by atoms with E-state index in [0.29, 0.717) is 11.3 Å². The standard InChI is InChI=1S/C25H30FN3O2/c1-18-8-12-27-23(17-18)25(31)29-13-2-3-22(29)11-16-28-14-9-20(10-15-28)24(30)19-4-6-21(26)7-5-19/h4-8,12,17,20,22H,2-3,9-11,13-16H2,1H3/t22-/m0/s1. The van der Waals surface area contributed by atoms with E-state index in [2.05, 4.69) is 9.88 Å². The number of rotatable bonds is 6. The summed E-state index contributed by atoms with van der Waals surface area (Å²) in [7, 11) is 0. The number of likely N-dealkylation sites (tertiary alicyclic amines) is 2. The Labute approximate surface area is 183 Å². The third kappa shape index (κ3) is 5.18. The van der Waals surface area contributed by atoms with Gasteiger partial charge in [0.1, 0.15) is 11.5 Å². The van der Waals surface area contributed by atoms with Crippen LogP contribution in [0, 0.1) is 18.7 Å². The first-order valence-corrected chi connectivity index (χ1v) is 11.3. The molecule has 1 amide bonds. The average Bonchev–Trinajstić information content (AvgIpc) is 3.26. The largest absolute Gasteiger partial charge is 0.334 e. The van der Waals surface area contributed by atoms with Gasteiger partial charge in [0.15, 0.2) is 5.78 Å². The molecule has 4 rings (SSSR count). The predicted octanol–water partition coefficient (Wildman–Crippen LogP) is 4.12. The molecule has 1 aromatic heterocycles. The molecule has 1 aromatic carbocycles. The molecule has 5 nitrogen and oxygen atoms in total. The molecule has 0 spiro atoms. The number of aromatic nitrogens is 1. The van der Waals surface area contributed by atoms with E-state index in [1.165, 1.54) is 12.1 Å². The van der Waals surface area contributed by atoms with Crippen LogP contribution in [0.5, 0.6) is 0 Å². The number of ketones is 1. The Morgan fingerprint density at radius 3 is 2.52 bits per heavy atom. The highest BCUT2D eigenvalue weighted by Crippen LogP contribution is 2.25. The number of pyridine rings is 1. The van der Waals surface area contributed by atoms with Gasteiger partial charge >= 0.3 is 0 Å². The highest BCUT2D eigenvalue weighted by atomic mass is 19.1. The second-order valence-corrected chi connectivity index (χ2v) is 8.79. The lowest BCUT2D eigenvalue weighted by Crippen LogP contribution is -2.41. The van der Waals surface area contributed by atoms with Crippen LogP contribution in [-0.2, 0) is 0 Å². The number of hydrogen-bond acceptors (Lipinski definition) is 4. The predicted molar refractivity (Wildman–Crippen MR) is 118 cm³/mol. The lowest BCUT2D eigenvalue weighted by atomic mass is 9.88. The molecule has 2 saturated heterocycles. The zero-order valence-electron chi connectivity index (χ0n) is 18.1. The highest BCUT2D eigenvalue weighted by Gasteiger charge is 2.31. The van der Waals surface area contributed by atoms with E-state index in [-0.39, 0.29) is 29.5 Å². The summed E-state index contributed by atoms with van der Waals surface area (Å²) in [4.78, 5) is 34.3. The summed E-state index contributed by atoms with van der Waals surface area (Å²) in [6.45, 7) is 5.49. The van der Waals surface area contributed by atoms with Crippen molar-refractivity contribution in [2.75, 3.05) is 26.2 Å². The number of benzene rings is 1. The van der Waals surface area contributed by atoms with E-state index in [4.69, 9.17) is 0 Å². The fraction of sp³-hybridized carbons (Fsp3) is 0.480. The first-order valence-electron chi connectivity index (χ1n) is 11.3. The average molecular weight is 424 g/mol. The Morgan fingerprint density at radius 1 is 1.06 bits per heavy atom. The van der Waals surface area contributed by atoms with E-state index in [1.54, 1.807) is 18.3 Å². The molecule has 3 heterocycles. The smallest absolute Gasteiger partial charge is 0.272 e. The van der Waals surface area contributed by atoms with Crippen LogP contribution >= 0.6 is 0 Å². The molecule has 31 heavy (non-hydrogen) atoms. The molecule has 0 radical (unpaired) electrons. The van der Waals surface area contributed by atoms with Crippen LogP contribution in [0.2, 0.25) is 0 Å². The summed E-state index contributed by atoms with van der Waals surface area (Å²) >= 11 is 0. The highest BCUT2D eigenvalue weighted by molar-refractivity contribution is 5.97. The van der Waals surface area contributed by atoms with Crippen molar-refractivity contribution in [1.29, 1.82) is 0 Å². The van der Waals surface area contributed by atoms with E-state index in [9.17, 15) is 14.0 Å². The lowest BCUT2D eigenvalue weighted by Gasteiger charge is -2.33. The SMILES string of the molecule is Cc1ccnc(C(=O)N2CCC[C@H]2CCN2CCC(C(=O)c3ccc(F)cc3)CC2)c1. The van der Waals surface area contributed by atoms with Crippen LogP contribution in [0.25, 0.3) is 0 Å².